The van der Waals surface area contributed by atoms with Gasteiger partial charge < -0.3 is 4.52 Å². The highest BCUT2D eigenvalue weighted by Gasteiger charge is 2.41. The molecule has 1 saturated heterocycles. The average molecular weight is 355 g/mol. The van der Waals surface area contributed by atoms with E-state index in [0.717, 1.165) is 29.3 Å². The number of nitrogens with zero attached hydrogens (tertiary/aromatic N) is 3. The molecule has 1 unspecified atom stereocenters. The number of rotatable bonds is 4. The highest BCUT2D eigenvalue weighted by molar-refractivity contribution is 7.89. The Kier molecular flexibility index (Phi) is 3.65. The van der Waals surface area contributed by atoms with Crippen LogP contribution in [0, 0.1) is 11.6 Å². The first-order valence-electron chi connectivity index (χ1n) is 7.77. The third kappa shape index (κ3) is 2.61. The molecule has 0 N–H and O–H groups in total. The zero-order valence-electron chi connectivity index (χ0n) is 12.7. The van der Waals surface area contributed by atoms with Crippen molar-refractivity contribution < 1.29 is 21.7 Å². The number of hydrogen-bond donors (Lipinski definition) is 0. The molecule has 1 aliphatic carbocycles. The molecule has 1 aliphatic heterocycles. The number of benzene rings is 1. The summed E-state index contributed by atoms with van der Waals surface area (Å²) in [4.78, 5) is 3.63. The second-order valence-electron chi connectivity index (χ2n) is 6.11. The monoisotopic (exact) mass is 355 g/mol. The zero-order valence-corrected chi connectivity index (χ0v) is 13.5. The summed E-state index contributed by atoms with van der Waals surface area (Å²) in [6.45, 7) is 0.199. The molecule has 1 aromatic carbocycles. The van der Waals surface area contributed by atoms with E-state index in [1.54, 1.807) is 0 Å². The molecule has 2 aliphatic rings. The summed E-state index contributed by atoms with van der Waals surface area (Å²) in [5.74, 6) is -0.693. The minimum absolute atomic E-state index is 0.199. The van der Waals surface area contributed by atoms with Crippen molar-refractivity contribution in [3.63, 3.8) is 0 Å². The van der Waals surface area contributed by atoms with E-state index in [1.807, 2.05) is 0 Å². The normalized spacial score (nSPS) is 22.2. The number of hydrogen-bond acceptors (Lipinski definition) is 5. The van der Waals surface area contributed by atoms with E-state index in [1.165, 1.54) is 0 Å². The molecule has 0 amide bonds. The average Bonchev–Trinajstić information content (AvgIpc) is 3.09. The van der Waals surface area contributed by atoms with Gasteiger partial charge in [0.1, 0.15) is 22.6 Å². The smallest absolute Gasteiger partial charge is 0.246 e. The van der Waals surface area contributed by atoms with E-state index in [-0.39, 0.29) is 18.4 Å². The molecule has 24 heavy (non-hydrogen) atoms. The van der Waals surface area contributed by atoms with E-state index in [4.69, 9.17) is 4.52 Å². The zero-order chi connectivity index (χ0) is 16.9. The maximum atomic E-state index is 13.9. The summed E-state index contributed by atoms with van der Waals surface area (Å²) >= 11 is 0. The third-order valence-corrected chi connectivity index (χ3v) is 6.29. The lowest BCUT2D eigenvalue weighted by Gasteiger charge is -2.21. The van der Waals surface area contributed by atoms with Crippen LogP contribution in [0.25, 0.3) is 0 Å². The van der Waals surface area contributed by atoms with Crippen molar-refractivity contribution in [1.82, 2.24) is 14.4 Å². The highest BCUT2D eigenvalue weighted by Crippen LogP contribution is 2.41. The second kappa shape index (κ2) is 5.59. The Morgan fingerprint density at radius 3 is 2.75 bits per heavy atom. The van der Waals surface area contributed by atoms with Crippen LogP contribution >= 0.6 is 0 Å². The van der Waals surface area contributed by atoms with Gasteiger partial charge in [-0.15, -0.1) is 0 Å². The molecule has 0 bridgehead atoms. The van der Waals surface area contributed by atoms with Crippen LogP contribution in [-0.4, -0.2) is 29.4 Å². The van der Waals surface area contributed by atoms with Gasteiger partial charge in [0.15, 0.2) is 5.82 Å². The minimum Gasteiger partial charge on any atom is -0.338 e. The summed E-state index contributed by atoms with van der Waals surface area (Å²) in [5.41, 5.74) is 0. The first-order valence-corrected chi connectivity index (χ1v) is 9.21. The quantitative estimate of drug-likeness (QED) is 0.843. The first kappa shape index (κ1) is 15.6. The SMILES string of the molecule is O=S(=O)(c1cc(F)ccc1F)N1CCCC1c1nc(C2CC2)no1. The lowest BCUT2D eigenvalue weighted by atomic mass is 10.2. The van der Waals surface area contributed by atoms with Gasteiger partial charge in [-0.25, -0.2) is 17.2 Å². The molecule has 4 rings (SSSR count). The molecule has 1 atom stereocenters. The Balaban J connectivity index is 1.69. The third-order valence-electron chi connectivity index (χ3n) is 4.37. The molecular formula is C15H15F2N3O3S. The predicted octanol–water partition coefficient (Wildman–Crippen LogP) is 2.75. The van der Waals surface area contributed by atoms with E-state index < -0.39 is 32.6 Å². The van der Waals surface area contributed by atoms with E-state index in [2.05, 4.69) is 10.1 Å². The number of halogens is 2. The molecule has 1 saturated carbocycles. The minimum atomic E-state index is -4.19. The molecule has 9 heteroatoms. The van der Waals surface area contributed by atoms with Gasteiger partial charge in [-0.3, -0.25) is 0 Å². The maximum Gasteiger partial charge on any atom is 0.246 e. The summed E-state index contributed by atoms with van der Waals surface area (Å²) in [6.07, 6.45) is 3.09. The Hall–Kier alpha value is -1.87. The van der Waals surface area contributed by atoms with Crippen molar-refractivity contribution in [3.05, 3.63) is 41.5 Å². The molecule has 0 spiro atoms. The molecule has 2 aromatic rings. The van der Waals surface area contributed by atoms with Crippen LogP contribution in [0.5, 0.6) is 0 Å². The van der Waals surface area contributed by atoms with Crippen molar-refractivity contribution in [1.29, 1.82) is 0 Å². The summed E-state index contributed by atoms with van der Waals surface area (Å²) in [7, 11) is -4.19. The van der Waals surface area contributed by atoms with Gasteiger partial charge in [0.2, 0.25) is 15.9 Å². The van der Waals surface area contributed by atoms with Crippen LogP contribution in [0.4, 0.5) is 8.78 Å². The molecular weight excluding hydrogens is 340 g/mol. The van der Waals surface area contributed by atoms with Crippen molar-refractivity contribution in [3.8, 4) is 0 Å². The molecule has 2 heterocycles. The summed E-state index contributed by atoms with van der Waals surface area (Å²) in [5, 5.41) is 3.90. The van der Waals surface area contributed by atoms with Crippen molar-refractivity contribution in [2.45, 2.75) is 42.5 Å². The first-order chi connectivity index (χ1) is 11.5. The van der Waals surface area contributed by atoms with Crippen molar-refractivity contribution in [2.75, 3.05) is 6.54 Å². The van der Waals surface area contributed by atoms with Gasteiger partial charge in [0, 0.05) is 12.5 Å². The van der Waals surface area contributed by atoms with Crippen LogP contribution in [0.15, 0.2) is 27.6 Å². The fourth-order valence-corrected chi connectivity index (χ4v) is 4.69. The fraction of sp³-hybridized carbons (Fsp3) is 0.467. The number of aromatic nitrogens is 2. The lowest BCUT2D eigenvalue weighted by molar-refractivity contribution is 0.288. The molecule has 6 nitrogen and oxygen atoms in total. The van der Waals surface area contributed by atoms with Gasteiger partial charge in [0.05, 0.1) is 0 Å². The van der Waals surface area contributed by atoms with Crippen molar-refractivity contribution in [2.24, 2.45) is 0 Å². The Morgan fingerprint density at radius 1 is 1.21 bits per heavy atom. The largest absolute Gasteiger partial charge is 0.338 e. The molecule has 0 radical (unpaired) electrons. The molecule has 2 fully saturated rings. The standard InChI is InChI=1S/C15H15F2N3O3S/c16-10-5-6-11(17)13(8-10)24(21,22)20-7-1-2-12(20)15-18-14(19-23-15)9-3-4-9/h5-6,8-9,12H,1-4,7H2. The Labute approximate surface area is 137 Å². The van der Waals surface area contributed by atoms with E-state index in [0.29, 0.717) is 24.7 Å². The topological polar surface area (TPSA) is 76.3 Å². The molecule has 1 aromatic heterocycles. The Bertz CT molecular complexity index is 880. The summed E-state index contributed by atoms with van der Waals surface area (Å²) in [6, 6.07) is 1.75. The van der Waals surface area contributed by atoms with Gasteiger partial charge in [-0.2, -0.15) is 9.29 Å². The maximum absolute atomic E-state index is 13.9. The van der Waals surface area contributed by atoms with Crippen LogP contribution in [0.1, 0.15) is 49.4 Å². The lowest BCUT2D eigenvalue weighted by Crippen LogP contribution is -2.31. The second-order valence-corrected chi connectivity index (χ2v) is 7.97. The summed E-state index contributed by atoms with van der Waals surface area (Å²) < 4.78 is 59.2. The van der Waals surface area contributed by atoms with E-state index >= 15 is 0 Å². The van der Waals surface area contributed by atoms with Crippen LogP contribution in [-0.2, 0) is 10.0 Å². The van der Waals surface area contributed by atoms with Crippen LogP contribution in [0.3, 0.4) is 0 Å². The fourth-order valence-electron chi connectivity index (χ4n) is 2.97. The highest BCUT2D eigenvalue weighted by atomic mass is 32.2. The van der Waals surface area contributed by atoms with Gasteiger partial charge in [0.25, 0.3) is 0 Å². The van der Waals surface area contributed by atoms with Gasteiger partial charge >= 0.3 is 0 Å². The van der Waals surface area contributed by atoms with E-state index in [9.17, 15) is 17.2 Å². The number of sulfonamides is 1. The van der Waals surface area contributed by atoms with Crippen molar-refractivity contribution >= 4 is 10.0 Å². The van der Waals surface area contributed by atoms with Crippen LogP contribution in [0.2, 0.25) is 0 Å². The Morgan fingerprint density at radius 2 is 2.00 bits per heavy atom. The van der Waals surface area contributed by atoms with Gasteiger partial charge in [-0.1, -0.05) is 5.16 Å². The van der Waals surface area contributed by atoms with Gasteiger partial charge in [-0.05, 0) is 43.9 Å². The molecule has 128 valence electrons. The predicted molar refractivity (Wildman–Crippen MR) is 78.5 cm³/mol. The van der Waals surface area contributed by atoms with Crippen LogP contribution < -0.4 is 0 Å².